The molecule has 4 nitrogen and oxygen atoms in total. The average Bonchev–Trinajstić information content (AvgIpc) is 2.28. The number of rotatable bonds is 10. The minimum absolute atomic E-state index is 0.270. The highest BCUT2D eigenvalue weighted by atomic mass is 16.5. The predicted octanol–water partition coefficient (Wildman–Crippen LogP) is 2.35. The molecule has 0 aromatic rings. The summed E-state index contributed by atoms with van der Waals surface area (Å²) in [5.41, 5.74) is 0. The van der Waals surface area contributed by atoms with Crippen molar-refractivity contribution in [2.24, 2.45) is 0 Å². The van der Waals surface area contributed by atoms with Crippen LogP contribution in [0, 0.1) is 0 Å². The second-order valence-corrected chi connectivity index (χ2v) is 4.70. The minimum atomic E-state index is -0.664. The first kappa shape index (κ1) is 17.9. The van der Waals surface area contributed by atoms with E-state index in [1.165, 1.54) is 6.92 Å². The molecule has 0 aliphatic heterocycles. The monoisotopic (exact) mass is 270 g/mol. The Morgan fingerprint density at radius 1 is 1.32 bits per heavy atom. The number of allylic oxidation sites excluding steroid dienone is 2. The largest absolute Gasteiger partial charge is 0.462 e. The van der Waals surface area contributed by atoms with Gasteiger partial charge in [0, 0.05) is 13.3 Å². The number of carbonyl (C=O) groups excluding carboxylic acids is 1. The summed E-state index contributed by atoms with van der Waals surface area (Å²) in [4.78, 5) is 10.9. The van der Waals surface area contributed by atoms with E-state index in [1.807, 2.05) is 6.92 Å². The molecule has 110 valence electrons. The van der Waals surface area contributed by atoms with Gasteiger partial charge in [-0.15, -0.1) is 0 Å². The maximum absolute atomic E-state index is 10.9. The van der Waals surface area contributed by atoms with Crippen molar-refractivity contribution >= 4 is 5.97 Å². The molecule has 0 saturated carbocycles. The summed E-state index contributed by atoms with van der Waals surface area (Å²) in [5, 5.41) is 19.6. The van der Waals surface area contributed by atoms with Crippen LogP contribution in [0.25, 0.3) is 0 Å². The molecule has 0 spiro atoms. The van der Waals surface area contributed by atoms with Crippen LogP contribution in [0.3, 0.4) is 0 Å². The summed E-state index contributed by atoms with van der Waals surface area (Å²) in [6.45, 7) is 6.90. The van der Waals surface area contributed by atoms with Crippen LogP contribution in [-0.4, -0.2) is 34.5 Å². The molecule has 0 rings (SSSR count). The number of aliphatic hydroxyl groups is 2. The van der Waals surface area contributed by atoms with Crippen molar-refractivity contribution in [3.8, 4) is 0 Å². The average molecular weight is 270 g/mol. The highest BCUT2D eigenvalue weighted by Crippen LogP contribution is 2.14. The number of aliphatic hydroxyl groups excluding tert-OH is 2. The van der Waals surface area contributed by atoms with Crippen LogP contribution in [-0.2, 0) is 9.53 Å². The maximum atomic E-state index is 10.9. The lowest BCUT2D eigenvalue weighted by Gasteiger charge is -2.21. The van der Waals surface area contributed by atoms with Gasteiger partial charge in [-0.3, -0.25) is 4.79 Å². The zero-order valence-electron chi connectivity index (χ0n) is 11.9. The van der Waals surface area contributed by atoms with Gasteiger partial charge in [-0.1, -0.05) is 38.2 Å². The molecule has 19 heavy (non-hydrogen) atoms. The van der Waals surface area contributed by atoms with Gasteiger partial charge < -0.3 is 14.9 Å². The Kier molecular flexibility index (Phi) is 10.1. The summed E-state index contributed by atoms with van der Waals surface area (Å²) in [6, 6.07) is 0. The molecule has 0 aliphatic rings. The molecule has 0 heterocycles. The van der Waals surface area contributed by atoms with Crippen LogP contribution < -0.4 is 0 Å². The lowest BCUT2D eigenvalue weighted by atomic mass is 10.0. The van der Waals surface area contributed by atoms with Crippen molar-refractivity contribution < 1.29 is 19.7 Å². The molecule has 0 aromatic carbocycles. The van der Waals surface area contributed by atoms with Crippen molar-refractivity contribution in [3.05, 3.63) is 24.8 Å². The van der Waals surface area contributed by atoms with Gasteiger partial charge in [-0.05, 0) is 19.3 Å². The van der Waals surface area contributed by atoms with E-state index in [9.17, 15) is 15.0 Å². The molecule has 0 radical (unpaired) electrons. The molecule has 0 amide bonds. The number of ether oxygens (including phenoxy) is 1. The molecular formula is C15H26O4. The second-order valence-electron chi connectivity index (χ2n) is 4.70. The lowest BCUT2D eigenvalue weighted by Crippen LogP contribution is -2.25. The standard InChI is InChI=1S/C15H26O4/c1-4-6-7-9-13(17)10-14(18)11-15(8-5-2)19-12(3)16/h4,6-7,13-15,17-18H,1,5,8-11H2,2-3H3/b7-6+. The highest BCUT2D eigenvalue weighted by Gasteiger charge is 2.18. The van der Waals surface area contributed by atoms with Crippen molar-refractivity contribution in [1.29, 1.82) is 0 Å². The third kappa shape index (κ3) is 10.5. The van der Waals surface area contributed by atoms with Crippen LogP contribution in [0.1, 0.15) is 46.0 Å². The van der Waals surface area contributed by atoms with E-state index < -0.39 is 12.2 Å². The first-order valence-electron chi connectivity index (χ1n) is 6.80. The third-order valence-corrected chi connectivity index (χ3v) is 2.70. The van der Waals surface area contributed by atoms with Crippen LogP contribution in [0.5, 0.6) is 0 Å². The van der Waals surface area contributed by atoms with E-state index >= 15 is 0 Å². The normalized spacial score (nSPS) is 16.0. The van der Waals surface area contributed by atoms with Gasteiger partial charge >= 0.3 is 5.97 Å². The Bertz CT molecular complexity index is 286. The predicted molar refractivity (Wildman–Crippen MR) is 75.7 cm³/mol. The molecule has 0 bridgehead atoms. The van der Waals surface area contributed by atoms with Crippen LogP contribution in [0.15, 0.2) is 24.8 Å². The molecule has 0 saturated heterocycles. The smallest absolute Gasteiger partial charge is 0.302 e. The molecular weight excluding hydrogens is 244 g/mol. The van der Waals surface area contributed by atoms with E-state index in [0.29, 0.717) is 12.8 Å². The Labute approximate surface area is 115 Å². The minimum Gasteiger partial charge on any atom is -0.462 e. The van der Waals surface area contributed by atoms with Crippen LogP contribution in [0.2, 0.25) is 0 Å². The summed E-state index contributed by atoms with van der Waals surface area (Å²) >= 11 is 0. The molecule has 3 unspecified atom stereocenters. The number of esters is 1. The molecule has 3 atom stereocenters. The fourth-order valence-electron chi connectivity index (χ4n) is 1.92. The Morgan fingerprint density at radius 2 is 2.00 bits per heavy atom. The fourth-order valence-corrected chi connectivity index (χ4v) is 1.92. The van der Waals surface area contributed by atoms with Crippen LogP contribution >= 0.6 is 0 Å². The number of hydrogen-bond donors (Lipinski definition) is 2. The number of carbonyl (C=O) groups is 1. The van der Waals surface area contributed by atoms with Gasteiger partial charge in [0.1, 0.15) is 6.10 Å². The third-order valence-electron chi connectivity index (χ3n) is 2.70. The topological polar surface area (TPSA) is 66.8 Å². The summed E-state index contributed by atoms with van der Waals surface area (Å²) in [5.74, 6) is -0.333. The fraction of sp³-hybridized carbons (Fsp3) is 0.667. The van der Waals surface area contributed by atoms with Gasteiger partial charge in [0.15, 0.2) is 0 Å². The molecule has 0 aromatic heterocycles. The van der Waals surface area contributed by atoms with Gasteiger partial charge in [0.05, 0.1) is 12.2 Å². The zero-order valence-corrected chi connectivity index (χ0v) is 11.9. The zero-order chi connectivity index (χ0) is 14.7. The van der Waals surface area contributed by atoms with Crippen molar-refractivity contribution in [1.82, 2.24) is 0 Å². The quantitative estimate of drug-likeness (QED) is 0.472. The van der Waals surface area contributed by atoms with Gasteiger partial charge in [-0.2, -0.15) is 0 Å². The molecule has 0 fully saturated rings. The van der Waals surface area contributed by atoms with Gasteiger partial charge in [-0.25, -0.2) is 0 Å². The molecule has 4 heteroatoms. The summed E-state index contributed by atoms with van der Waals surface area (Å²) < 4.78 is 5.13. The Hall–Kier alpha value is -1.13. The molecule has 0 aliphatic carbocycles. The van der Waals surface area contributed by atoms with E-state index in [2.05, 4.69) is 6.58 Å². The first-order valence-corrected chi connectivity index (χ1v) is 6.80. The van der Waals surface area contributed by atoms with E-state index in [1.54, 1.807) is 18.2 Å². The highest BCUT2D eigenvalue weighted by molar-refractivity contribution is 5.66. The molecule has 2 N–H and O–H groups in total. The van der Waals surface area contributed by atoms with Crippen LogP contribution in [0.4, 0.5) is 0 Å². The summed E-state index contributed by atoms with van der Waals surface area (Å²) in [6.07, 6.45) is 6.42. The van der Waals surface area contributed by atoms with E-state index in [4.69, 9.17) is 4.74 Å². The van der Waals surface area contributed by atoms with E-state index in [0.717, 1.165) is 12.8 Å². The summed E-state index contributed by atoms with van der Waals surface area (Å²) in [7, 11) is 0. The van der Waals surface area contributed by atoms with Crippen molar-refractivity contribution in [2.75, 3.05) is 0 Å². The Balaban J connectivity index is 4.09. The maximum Gasteiger partial charge on any atom is 0.302 e. The second kappa shape index (κ2) is 10.8. The Morgan fingerprint density at radius 3 is 2.53 bits per heavy atom. The first-order chi connectivity index (χ1) is 8.99. The SMILES string of the molecule is C=C/C=C/CC(O)CC(O)CC(CCC)OC(C)=O. The van der Waals surface area contributed by atoms with Gasteiger partial charge in [0.2, 0.25) is 0 Å². The van der Waals surface area contributed by atoms with Crippen molar-refractivity contribution in [2.45, 2.75) is 64.3 Å². The lowest BCUT2D eigenvalue weighted by molar-refractivity contribution is -0.148. The number of hydrogen-bond acceptors (Lipinski definition) is 4. The van der Waals surface area contributed by atoms with Crippen molar-refractivity contribution in [3.63, 3.8) is 0 Å². The van der Waals surface area contributed by atoms with E-state index in [-0.39, 0.29) is 18.5 Å². The van der Waals surface area contributed by atoms with Gasteiger partial charge in [0.25, 0.3) is 0 Å².